The summed E-state index contributed by atoms with van der Waals surface area (Å²) < 4.78 is 19.1. The maximum Gasteiger partial charge on any atom is 0.414 e. The van der Waals surface area contributed by atoms with Gasteiger partial charge in [0.25, 0.3) is 0 Å². The van der Waals surface area contributed by atoms with Gasteiger partial charge in [-0.25, -0.2) is 14.6 Å². The molecule has 0 bridgehead atoms. The number of nitrogens with one attached hydrogen (secondary N) is 3. The van der Waals surface area contributed by atoms with Crippen LogP contribution in [0.1, 0.15) is 6.92 Å². The molecule has 1 aromatic carbocycles. The Morgan fingerprint density at radius 3 is 2.95 bits per heavy atom. The van der Waals surface area contributed by atoms with E-state index in [0.717, 1.165) is 0 Å². The molecule has 1 fully saturated rings. The van der Waals surface area contributed by atoms with Crippen molar-refractivity contribution in [3.63, 3.8) is 0 Å². The van der Waals surface area contributed by atoms with Crippen LogP contribution in [0.3, 0.4) is 0 Å². The number of carbonyl (C=O) groups is 2. The molecule has 1 heterocycles. The minimum absolute atomic E-state index is 0.204. The normalized spacial score (nSPS) is 17.3. The first-order valence-corrected chi connectivity index (χ1v) is 6.70. The van der Waals surface area contributed by atoms with Gasteiger partial charge in [-0.15, -0.1) is 0 Å². The average molecular weight is 311 g/mol. The van der Waals surface area contributed by atoms with Crippen molar-refractivity contribution in [3.05, 3.63) is 24.0 Å². The fourth-order valence-corrected chi connectivity index (χ4v) is 2.06. The third kappa shape index (κ3) is 3.83. The topological polar surface area (TPSA) is 109 Å². The first-order chi connectivity index (χ1) is 10.5. The fraction of sp³-hybridized carbons (Fsp3) is 0.385. The van der Waals surface area contributed by atoms with E-state index in [1.54, 1.807) is 6.07 Å². The SMILES string of the molecule is CC(=O)NC[C@H]1CN(c2ccc(NCNN)c(F)c2)C(=O)O1. The largest absolute Gasteiger partial charge is 0.442 e. The highest BCUT2D eigenvalue weighted by Crippen LogP contribution is 2.25. The minimum Gasteiger partial charge on any atom is -0.442 e. The van der Waals surface area contributed by atoms with Crippen molar-refractivity contribution in [1.82, 2.24) is 10.7 Å². The number of halogens is 1. The van der Waals surface area contributed by atoms with Crippen LogP contribution in [0, 0.1) is 5.82 Å². The highest BCUT2D eigenvalue weighted by atomic mass is 19.1. The number of ether oxygens (including phenoxy) is 1. The van der Waals surface area contributed by atoms with Gasteiger partial charge in [0.05, 0.1) is 31.1 Å². The van der Waals surface area contributed by atoms with Gasteiger partial charge < -0.3 is 15.4 Å². The maximum absolute atomic E-state index is 13.9. The number of nitrogens with zero attached hydrogens (tertiary/aromatic N) is 1. The van der Waals surface area contributed by atoms with Gasteiger partial charge in [0.1, 0.15) is 11.9 Å². The van der Waals surface area contributed by atoms with E-state index in [1.807, 2.05) is 0 Å². The smallest absolute Gasteiger partial charge is 0.414 e. The molecule has 8 nitrogen and oxygen atoms in total. The number of nitrogens with two attached hydrogens (primary N) is 1. The first kappa shape index (κ1) is 16.0. The molecular weight excluding hydrogens is 293 g/mol. The summed E-state index contributed by atoms with van der Waals surface area (Å²) in [6, 6.07) is 4.35. The van der Waals surface area contributed by atoms with Gasteiger partial charge in [0.15, 0.2) is 0 Å². The molecule has 5 N–H and O–H groups in total. The molecule has 1 aliphatic rings. The predicted molar refractivity (Wildman–Crippen MR) is 78.5 cm³/mol. The van der Waals surface area contributed by atoms with E-state index in [2.05, 4.69) is 16.1 Å². The van der Waals surface area contributed by atoms with Gasteiger partial charge in [-0.2, -0.15) is 0 Å². The van der Waals surface area contributed by atoms with E-state index < -0.39 is 18.0 Å². The fourth-order valence-electron chi connectivity index (χ4n) is 2.06. The van der Waals surface area contributed by atoms with Gasteiger partial charge in [-0.1, -0.05) is 0 Å². The molecule has 0 aromatic heterocycles. The molecule has 2 rings (SSSR count). The lowest BCUT2D eigenvalue weighted by atomic mass is 10.2. The maximum atomic E-state index is 13.9. The predicted octanol–water partition coefficient (Wildman–Crippen LogP) is 0.120. The van der Waals surface area contributed by atoms with Gasteiger partial charge >= 0.3 is 6.09 Å². The van der Waals surface area contributed by atoms with Crippen LogP contribution in [0.5, 0.6) is 0 Å². The Morgan fingerprint density at radius 1 is 1.55 bits per heavy atom. The monoisotopic (exact) mass is 311 g/mol. The van der Waals surface area contributed by atoms with Crippen LogP contribution in [0.2, 0.25) is 0 Å². The summed E-state index contributed by atoms with van der Waals surface area (Å²) in [7, 11) is 0. The lowest BCUT2D eigenvalue weighted by Crippen LogP contribution is -2.33. The van der Waals surface area contributed by atoms with E-state index in [-0.39, 0.29) is 31.4 Å². The summed E-state index contributed by atoms with van der Waals surface area (Å²) in [5.74, 6) is 4.39. The molecule has 1 saturated heterocycles. The number of hydrazine groups is 1. The van der Waals surface area contributed by atoms with Crippen LogP contribution < -0.4 is 26.8 Å². The van der Waals surface area contributed by atoms with Crippen LogP contribution in [0.25, 0.3) is 0 Å². The molecule has 9 heteroatoms. The second-order valence-corrected chi connectivity index (χ2v) is 4.78. The molecule has 1 atom stereocenters. The highest BCUT2D eigenvalue weighted by molar-refractivity contribution is 5.90. The van der Waals surface area contributed by atoms with E-state index in [9.17, 15) is 14.0 Å². The Labute approximate surface area is 126 Å². The van der Waals surface area contributed by atoms with Crippen molar-refractivity contribution in [3.8, 4) is 0 Å². The number of hydrogen-bond donors (Lipinski definition) is 4. The number of anilines is 2. The zero-order chi connectivity index (χ0) is 16.1. The van der Waals surface area contributed by atoms with Gasteiger partial charge in [-0.3, -0.25) is 15.5 Å². The van der Waals surface area contributed by atoms with Gasteiger partial charge in [0.2, 0.25) is 5.91 Å². The molecule has 22 heavy (non-hydrogen) atoms. The molecule has 2 amide bonds. The van der Waals surface area contributed by atoms with Crippen molar-refractivity contribution in [2.45, 2.75) is 13.0 Å². The van der Waals surface area contributed by atoms with Crippen molar-refractivity contribution < 1.29 is 18.7 Å². The highest BCUT2D eigenvalue weighted by Gasteiger charge is 2.32. The number of amides is 2. The van der Waals surface area contributed by atoms with Crippen LogP contribution in [0.4, 0.5) is 20.6 Å². The van der Waals surface area contributed by atoms with Crippen molar-refractivity contribution >= 4 is 23.4 Å². The van der Waals surface area contributed by atoms with Crippen LogP contribution in [0.15, 0.2) is 18.2 Å². The molecule has 0 radical (unpaired) electrons. The van der Waals surface area contributed by atoms with E-state index >= 15 is 0 Å². The molecular formula is C13H18FN5O3. The minimum atomic E-state index is -0.570. The number of cyclic esters (lactones) is 1. The van der Waals surface area contributed by atoms with E-state index in [1.165, 1.54) is 24.0 Å². The third-order valence-corrected chi connectivity index (χ3v) is 3.10. The summed E-state index contributed by atoms with van der Waals surface area (Å²) >= 11 is 0. The first-order valence-electron chi connectivity index (χ1n) is 6.70. The third-order valence-electron chi connectivity index (χ3n) is 3.10. The quantitative estimate of drug-likeness (QED) is 0.337. The molecule has 0 unspecified atom stereocenters. The molecule has 0 spiro atoms. The van der Waals surface area contributed by atoms with Crippen molar-refractivity contribution in [1.29, 1.82) is 0 Å². The second kappa shape index (κ2) is 7.05. The number of hydrogen-bond acceptors (Lipinski definition) is 6. The summed E-state index contributed by atoms with van der Waals surface area (Å²) in [6.45, 7) is 2.06. The second-order valence-electron chi connectivity index (χ2n) is 4.78. The van der Waals surface area contributed by atoms with Crippen molar-refractivity contribution in [2.24, 2.45) is 5.84 Å². The van der Waals surface area contributed by atoms with Gasteiger partial charge in [-0.05, 0) is 18.2 Å². The van der Waals surface area contributed by atoms with Crippen LogP contribution in [-0.2, 0) is 9.53 Å². The molecule has 120 valence electrons. The van der Waals surface area contributed by atoms with E-state index in [0.29, 0.717) is 5.69 Å². The Morgan fingerprint density at radius 2 is 2.32 bits per heavy atom. The van der Waals surface area contributed by atoms with E-state index in [4.69, 9.17) is 10.6 Å². The van der Waals surface area contributed by atoms with Crippen molar-refractivity contribution in [2.75, 3.05) is 30.0 Å². The zero-order valence-corrected chi connectivity index (χ0v) is 12.1. The lowest BCUT2D eigenvalue weighted by Gasteiger charge is -2.15. The molecule has 0 aliphatic carbocycles. The summed E-state index contributed by atoms with van der Waals surface area (Å²) in [5, 5.41) is 5.32. The zero-order valence-electron chi connectivity index (χ0n) is 12.1. The lowest BCUT2D eigenvalue weighted by molar-refractivity contribution is -0.119. The van der Waals surface area contributed by atoms with Gasteiger partial charge in [0, 0.05) is 6.92 Å². The van der Waals surface area contributed by atoms with Crippen LogP contribution in [-0.4, -0.2) is 37.9 Å². The van der Waals surface area contributed by atoms with Crippen LogP contribution >= 0.6 is 0 Å². The standard InChI is InChI=1S/C13H18FN5O3/c1-8(20)16-5-10-6-19(13(21)22-10)9-2-3-12(11(14)4-9)17-7-18-15/h2-4,10,17-18H,5-7,15H2,1H3,(H,16,20)/t10-/m0/s1. The Balaban J connectivity index is 2.03. The molecule has 1 aliphatic heterocycles. The average Bonchev–Trinajstić information content (AvgIpc) is 2.85. The Hall–Kier alpha value is -2.39. The Kier molecular flexibility index (Phi) is 5.12. The number of rotatable bonds is 6. The number of carbonyl (C=O) groups excluding carboxylic acids is 2. The molecule has 0 saturated carbocycles. The summed E-state index contributed by atoms with van der Waals surface area (Å²) in [5.41, 5.74) is 3.01. The number of benzene rings is 1. The summed E-state index contributed by atoms with van der Waals surface area (Å²) in [4.78, 5) is 24.0. The molecule has 1 aromatic rings. The Bertz CT molecular complexity index is 569. The summed E-state index contributed by atoms with van der Waals surface area (Å²) in [6.07, 6.45) is -1.03.